The molecule has 0 atom stereocenters. The first-order valence-corrected chi connectivity index (χ1v) is 5.35. The SMILES string of the molecule is Nc1c(-c2ccn[nH]2)nc2n1CCCCO2. The van der Waals surface area contributed by atoms with Crippen LogP contribution in [-0.2, 0) is 6.54 Å². The van der Waals surface area contributed by atoms with E-state index in [1.165, 1.54) is 0 Å². The third-order valence-corrected chi connectivity index (χ3v) is 2.73. The van der Waals surface area contributed by atoms with E-state index in [-0.39, 0.29) is 0 Å². The molecule has 0 amide bonds. The number of hydrogen-bond donors (Lipinski definition) is 2. The van der Waals surface area contributed by atoms with Crippen LogP contribution in [0.25, 0.3) is 11.4 Å². The lowest BCUT2D eigenvalue weighted by molar-refractivity contribution is 0.295. The van der Waals surface area contributed by atoms with E-state index < -0.39 is 0 Å². The number of aromatic nitrogens is 4. The third-order valence-electron chi connectivity index (χ3n) is 2.73. The van der Waals surface area contributed by atoms with Crippen LogP contribution in [0.5, 0.6) is 6.01 Å². The Kier molecular flexibility index (Phi) is 2.05. The van der Waals surface area contributed by atoms with Crippen molar-refractivity contribution in [2.24, 2.45) is 0 Å². The number of fused-ring (bicyclic) bond motifs is 1. The Morgan fingerprint density at radius 2 is 2.38 bits per heavy atom. The molecule has 0 bridgehead atoms. The van der Waals surface area contributed by atoms with Crippen LogP contribution in [0, 0.1) is 0 Å². The van der Waals surface area contributed by atoms with Crippen LogP contribution in [0.1, 0.15) is 12.8 Å². The topological polar surface area (TPSA) is 81.8 Å². The lowest BCUT2D eigenvalue weighted by Crippen LogP contribution is -2.03. The maximum absolute atomic E-state index is 6.06. The fourth-order valence-corrected chi connectivity index (χ4v) is 1.89. The van der Waals surface area contributed by atoms with Crippen LogP contribution in [0.3, 0.4) is 0 Å². The van der Waals surface area contributed by atoms with Crippen LogP contribution in [-0.4, -0.2) is 26.4 Å². The van der Waals surface area contributed by atoms with E-state index in [1.807, 2.05) is 10.6 Å². The van der Waals surface area contributed by atoms with E-state index in [0.29, 0.717) is 18.4 Å². The van der Waals surface area contributed by atoms with Crippen molar-refractivity contribution >= 4 is 5.82 Å². The average molecular weight is 219 g/mol. The first-order valence-electron chi connectivity index (χ1n) is 5.35. The number of rotatable bonds is 1. The number of imidazole rings is 1. The smallest absolute Gasteiger partial charge is 0.298 e. The van der Waals surface area contributed by atoms with Crippen LogP contribution in [0.2, 0.25) is 0 Å². The van der Waals surface area contributed by atoms with E-state index in [4.69, 9.17) is 10.5 Å². The number of nitrogen functional groups attached to an aromatic ring is 1. The van der Waals surface area contributed by atoms with E-state index >= 15 is 0 Å². The maximum atomic E-state index is 6.06. The highest BCUT2D eigenvalue weighted by Crippen LogP contribution is 2.29. The summed E-state index contributed by atoms with van der Waals surface area (Å²) in [7, 11) is 0. The predicted molar refractivity (Wildman–Crippen MR) is 59.0 cm³/mol. The summed E-state index contributed by atoms with van der Waals surface area (Å²) < 4.78 is 7.47. The van der Waals surface area contributed by atoms with Gasteiger partial charge in [0.15, 0.2) is 0 Å². The van der Waals surface area contributed by atoms with Crippen molar-refractivity contribution < 1.29 is 4.74 Å². The van der Waals surface area contributed by atoms with Gasteiger partial charge in [-0.15, -0.1) is 0 Å². The molecule has 0 saturated carbocycles. The summed E-state index contributed by atoms with van der Waals surface area (Å²) in [6, 6.07) is 2.46. The zero-order chi connectivity index (χ0) is 11.0. The number of nitrogens with one attached hydrogen (secondary N) is 1. The van der Waals surface area contributed by atoms with Gasteiger partial charge in [0, 0.05) is 12.7 Å². The van der Waals surface area contributed by atoms with E-state index in [9.17, 15) is 0 Å². The molecule has 6 heteroatoms. The normalized spacial score (nSPS) is 15.2. The molecule has 3 heterocycles. The molecule has 3 rings (SSSR count). The maximum Gasteiger partial charge on any atom is 0.298 e. The molecule has 1 aliphatic rings. The Bertz CT molecular complexity index is 488. The minimum Gasteiger partial charge on any atom is -0.465 e. The molecule has 0 unspecified atom stereocenters. The molecule has 3 N–H and O–H groups in total. The number of aromatic amines is 1. The molecule has 0 spiro atoms. The number of nitrogens with two attached hydrogens (primary N) is 1. The minimum atomic E-state index is 0.611. The Balaban J connectivity index is 2.08. The molecular weight excluding hydrogens is 206 g/mol. The largest absolute Gasteiger partial charge is 0.465 e. The van der Waals surface area contributed by atoms with Crippen LogP contribution in [0.4, 0.5) is 5.82 Å². The highest BCUT2D eigenvalue weighted by atomic mass is 16.5. The number of hydrogen-bond acceptors (Lipinski definition) is 4. The zero-order valence-corrected chi connectivity index (χ0v) is 8.81. The Labute approximate surface area is 92.4 Å². The van der Waals surface area contributed by atoms with Crippen molar-refractivity contribution in [3.05, 3.63) is 12.3 Å². The Morgan fingerprint density at radius 3 is 3.19 bits per heavy atom. The van der Waals surface area contributed by atoms with Gasteiger partial charge in [-0.05, 0) is 18.9 Å². The molecule has 1 aliphatic heterocycles. The monoisotopic (exact) mass is 219 g/mol. The Hall–Kier alpha value is -1.98. The molecule has 0 saturated heterocycles. The summed E-state index contributed by atoms with van der Waals surface area (Å²) in [4.78, 5) is 4.40. The molecule has 84 valence electrons. The quantitative estimate of drug-likeness (QED) is 0.750. The summed E-state index contributed by atoms with van der Waals surface area (Å²) in [5.74, 6) is 0.640. The summed E-state index contributed by atoms with van der Waals surface area (Å²) in [6.07, 6.45) is 3.79. The van der Waals surface area contributed by atoms with Crippen molar-refractivity contribution in [2.75, 3.05) is 12.3 Å². The molecule has 2 aromatic rings. The van der Waals surface area contributed by atoms with Crippen LogP contribution < -0.4 is 10.5 Å². The molecule has 0 aromatic carbocycles. The Morgan fingerprint density at radius 1 is 1.44 bits per heavy atom. The van der Waals surface area contributed by atoms with Crippen molar-refractivity contribution in [3.8, 4) is 17.4 Å². The average Bonchev–Trinajstić information content (AvgIpc) is 2.83. The summed E-state index contributed by atoms with van der Waals surface area (Å²) in [5, 5.41) is 6.75. The zero-order valence-electron chi connectivity index (χ0n) is 8.81. The summed E-state index contributed by atoms with van der Waals surface area (Å²) in [6.45, 7) is 1.57. The predicted octanol–water partition coefficient (Wildman–Crippen LogP) is 1.03. The molecule has 2 aromatic heterocycles. The second-order valence-electron chi connectivity index (χ2n) is 3.81. The highest BCUT2D eigenvalue weighted by Gasteiger charge is 2.19. The fourth-order valence-electron chi connectivity index (χ4n) is 1.89. The summed E-state index contributed by atoms with van der Waals surface area (Å²) in [5.41, 5.74) is 7.60. The first-order chi connectivity index (χ1) is 7.86. The molecular formula is C10H13N5O. The first kappa shape index (κ1) is 9.26. The third kappa shape index (κ3) is 1.34. The van der Waals surface area contributed by atoms with Gasteiger partial charge in [0.1, 0.15) is 11.5 Å². The number of anilines is 1. The molecule has 6 nitrogen and oxygen atoms in total. The van der Waals surface area contributed by atoms with E-state index in [1.54, 1.807) is 6.20 Å². The highest BCUT2D eigenvalue weighted by molar-refractivity contribution is 5.68. The fraction of sp³-hybridized carbons (Fsp3) is 0.400. The van der Waals surface area contributed by atoms with Gasteiger partial charge in [0.2, 0.25) is 0 Å². The number of nitrogens with zero attached hydrogens (tertiary/aromatic N) is 3. The van der Waals surface area contributed by atoms with Gasteiger partial charge in [-0.3, -0.25) is 9.67 Å². The molecule has 16 heavy (non-hydrogen) atoms. The van der Waals surface area contributed by atoms with E-state index in [0.717, 1.165) is 30.8 Å². The molecule has 0 aliphatic carbocycles. The second kappa shape index (κ2) is 3.55. The minimum absolute atomic E-state index is 0.611. The van der Waals surface area contributed by atoms with Gasteiger partial charge in [0.25, 0.3) is 6.01 Å². The van der Waals surface area contributed by atoms with E-state index in [2.05, 4.69) is 15.2 Å². The van der Waals surface area contributed by atoms with Gasteiger partial charge in [0.05, 0.1) is 12.3 Å². The lowest BCUT2D eigenvalue weighted by Gasteiger charge is -2.03. The molecule has 0 fully saturated rings. The van der Waals surface area contributed by atoms with Crippen molar-refractivity contribution in [3.63, 3.8) is 0 Å². The van der Waals surface area contributed by atoms with Gasteiger partial charge >= 0.3 is 0 Å². The summed E-state index contributed by atoms with van der Waals surface area (Å²) >= 11 is 0. The van der Waals surface area contributed by atoms with Gasteiger partial charge < -0.3 is 10.5 Å². The second-order valence-corrected chi connectivity index (χ2v) is 3.81. The molecule has 0 radical (unpaired) electrons. The number of ether oxygens (including phenoxy) is 1. The number of H-pyrrole nitrogens is 1. The van der Waals surface area contributed by atoms with Crippen molar-refractivity contribution in [1.29, 1.82) is 0 Å². The van der Waals surface area contributed by atoms with Gasteiger partial charge in [-0.1, -0.05) is 0 Å². The lowest BCUT2D eigenvalue weighted by atomic mass is 10.3. The van der Waals surface area contributed by atoms with Crippen LogP contribution >= 0.6 is 0 Å². The van der Waals surface area contributed by atoms with Crippen molar-refractivity contribution in [1.82, 2.24) is 19.7 Å². The van der Waals surface area contributed by atoms with Gasteiger partial charge in [-0.2, -0.15) is 10.1 Å². The van der Waals surface area contributed by atoms with Crippen molar-refractivity contribution in [2.45, 2.75) is 19.4 Å². The standard InChI is InChI=1S/C10H13N5O/c11-9-8(7-3-4-12-14-7)13-10-15(9)5-1-2-6-16-10/h3-4H,1-2,5-6,11H2,(H,12,14). The van der Waals surface area contributed by atoms with Gasteiger partial charge in [-0.25, -0.2) is 0 Å². The van der Waals surface area contributed by atoms with Crippen LogP contribution in [0.15, 0.2) is 12.3 Å².